The molecule has 1 aromatic carbocycles. The highest BCUT2D eigenvalue weighted by atomic mass is 16.5. The Morgan fingerprint density at radius 1 is 1.21 bits per heavy atom. The second-order valence-corrected chi connectivity index (χ2v) is 3.67. The van der Waals surface area contributed by atoms with Crippen molar-refractivity contribution in [3.63, 3.8) is 0 Å². The number of carboxylic acid groups (broad SMARTS) is 1. The first-order valence-corrected chi connectivity index (χ1v) is 5.44. The first-order chi connectivity index (χ1) is 8.97. The maximum Gasteiger partial charge on any atom is 0.303 e. The summed E-state index contributed by atoms with van der Waals surface area (Å²) in [7, 11) is 2.77. The van der Waals surface area contributed by atoms with Crippen molar-refractivity contribution >= 4 is 17.6 Å². The largest absolute Gasteiger partial charge is 0.504 e. The lowest BCUT2D eigenvalue weighted by molar-refractivity contribution is -0.138. The molecule has 0 aromatic heterocycles. The van der Waals surface area contributed by atoms with Crippen LogP contribution in [0.25, 0.3) is 0 Å². The Labute approximate surface area is 109 Å². The molecule has 0 unspecified atom stereocenters. The van der Waals surface area contributed by atoms with Gasteiger partial charge in [0.2, 0.25) is 11.7 Å². The maximum absolute atomic E-state index is 11.5. The van der Waals surface area contributed by atoms with Crippen LogP contribution in [0.1, 0.15) is 12.8 Å². The fourth-order valence-corrected chi connectivity index (χ4v) is 1.46. The van der Waals surface area contributed by atoms with E-state index >= 15 is 0 Å². The minimum Gasteiger partial charge on any atom is -0.504 e. The number of anilines is 1. The van der Waals surface area contributed by atoms with Crippen LogP contribution in [0.5, 0.6) is 17.2 Å². The van der Waals surface area contributed by atoms with Crippen LogP contribution >= 0.6 is 0 Å². The third-order valence-corrected chi connectivity index (χ3v) is 2.31. The predicted molar refractivity (Wildman–Crippen MR) is 66.7 cm³/mol. The smallest absolute Gasteiger partial charge is 0.303 e. The molecule has 0 saturated heterocycles. The molecular formula is C12H15NO6. The minimum absolute atomic E-state index is 0.148. The van der Waals surface area contributed by atoms with Crippen LogP contribution in [0, 0.1) is 0 Å². The number of aliphatic carboxylic acids is 1. The van der Waals surface area contributed by atoms with Crippen LogP contribution < -0.4 is 14.8 Å². The minimum atomic E-state index is -1.05. The average Bonchev–Trinajstić information content (AvgIpc) is 2.35. The summed E-state index contributed by atoms with van der Waals surface area (Å²) in [5.41, 5.74) is 0.297. The fraction of sp³-hybridized carbons (Fsp3) is 0.333. The average molecular weight is 269 g/mol. The van der Waals surface area contributed by atoms with Gasteiger partial charge in [0, 0.05) is 24.2 Å². The van der Waals surface area contributed by atoms with Crippen molar-refractivity contribution in [2.75, 3.05) is 19.5 Å². The lowest BCUT2D eigenvalue weighted by atomic mass is 10.2. The normalized spacial score (nSPS) is 9.79. The van der Waals surface area contributed by atoms with Crippen LogP contribution in [0.15, 0.2) is 12.1 Å². The topological polar surface area (TPSA) is 105 Å². The van der Waals surface area contributed by atoms with Gasteiger partial charge in [-0.05, 0) is 0 Å². The fourth-order valence-electron chi connectivity index (χ4n) is 1.46. The number of carbonyl (C=O) groups is 2. The van der Waals surface area contributed by atoms with Gasteiger partial charge < -0.3 is 25.0 Å². The van der Waals surface area contributed by atoms with E-state index < -0.39 is 11.9 Å². The van der Waals surface area contributed by atoms with Gasteiger partial charge in [0.25, 0.3) is 0 Å². The molecular weight excluding hydrogens is 254 g/mol. The molecule has 104 valence electrons. The molecule has 7 nitrogen and oxygen atoms in total. The molecule has 0 aliphatic heterocycles. The van der Waals surface area contributed by atoms with Crippen LogP contribution in [0.4, 0.5) is 5.69 Å². The van der Waals surface area contributed by atoms with Crippen LogP contribution in [-0.2, 0) is 9.59 Å². The lowest BCUT2D eigenvalue weighted by Gasteiger charge is -2.12. The molecule has 0 heterocycles. The van der Waals surface area contributed by atoms with Crippen molar-refractivity contribution < 1.29 is 29.3 Å². The van der Waals surface area contributed by atoms with Crippen LogP contribution in [0.2, 0.25) is 0 Å². The molecule has 19 heavy (non-hydrogen) atoms. The van der Waals surface area contributed by atoms with Gasteiger partial charge in [-0.25, -0.2) is 0 Å². The number of amides is 1. The van der Waals surface area contributed by atoms with E-state index in [-0.39, 0.29) is 30.1 Å². The number of methoxy groups -OCH3 is 2. The summed E-state index contributed by atoms with van der Waals surface area (Å²) in [6.45, 7) is 0. The Hall–Kier alpha value is -2.44. The standard InChI is InChI=1S/C12H15NO6/c1-18-9-6-7(5-8(14)12(9)19-2)13-10(15)3-4-11(16)17/h5-6,14H,3-4H2,1-2H3,(H,13,15)(H,16,17). The number of benzene rings is 1. The number of phenolic OH excluding ortho intramolecular Hbond substituents is 1. The number of aromatic hydroxyl groups is 1. The highest BCUT2D eigenvalue weighted by molar-refractivity contribution is 5.93. The van der Waals surface area contributed by atoms with E-state index in [1.54, 1.807) is 0 Å². The first-order valence-electron chi connectivity index (χ1n) is 5.44. The van der Waals surface area contributed by atoms with Gasteiger partial charge in [-0.2, -0.15) is 0 Å². The summed E-state index contributed by atoms with van der Waals surface area (Å²) in [6.07, 6.45) is -0.407. The van der Waals surface area contributed by atoms with Gasteiger partial charge in [0.15, 0.2) is 11.5 Å². The number of ether oxygens (including phenoxy) is 2. The second-order valence-electron chi connectivity index (χ2n) is 3.67. The quantitative estimate of drug-likeness (QED) is 0.717. The molecule has 0 spiro atoms. The van der Waals surface area contributed by atoms with Gasteiger partial charge in [0.05, 0.1) is 20.6 Å². The van der Waals surface area contributed by atoms with E-state index in [9.17, 15) is 14.7 Å². The summed E-state index contributed by atoms with van der Waals surface area (Å²) < 4.78 is 9.95. The monoisotopic (exact) mass is 269 g/mol. The third kappa shape index (κ3) is 4.06. The van der Waals surface area contributed by atoms with E-state index in [0.29, 0.717) is 5.69 Å². The lowest BCUT2D eigenvalue weighted by Crippen LogP contribution is -2.13. The molecule has 3 N–H and O–H groups in total. The molecule has 0 radical (unpaired) electrons. The van der Waals surface area contributed by atoms with Crippen molar-refractivity contribution in [1.29, 1.82) is 0 Å². The third-order valence-electron chi connectivity index (χ3n) is 2.31. The van der Waals surface area contributed by atoms with Gasteiger partial charge in [-0.15, -0.1) is 0 Å². The van der Waals surface area contributed by atoms with E-state index in [1.165, 1.54) is 26.4 Å². The van der Waals surface area contributed by atoms with E-state index in [1.807, 2.05) is 0 Å². The van der Waals surface area contributed by atoms with Gasteiger partial charge in [-0.3, -0.25) is 9.59 Å². The van der Waals surface area contributed by atoms with Crippen LogP contribution in [0.3, 0.4) is 0 Å². The number of hydrogen-bond acceptors (Lipinski definition) is 5. The van der Waals surface area contributed by atoms with Crippen molar-refractivity contribution in [1.82, 2.24) is 0 Å². The zero-order valence-electron chi connectivity index (χ0n) is 10.6. The maximum atomic E-state index is 11.5. The molecule has 0 fully saturated rings. The van der Waals surface area contributed by atoms with Gasteiger partial charge >= 0.3 is 5.97 Å². The van der Waals surface area contributed by atoms with E-state index in [0.717, 1.165) is 0 Å². The Morgan fingerprint density at radius 2 is 1.89 bits per heavy atom. The van der Waals surface area contributed by atoms with E-state index in [4.69, 9.17) is 14.6 Å². The summed E-state index contributed by atoms with van der Waals surface area (Å²) in [5.74, 6) is -1.28. The molecule has 1 aromatic rings. The molecule has 0 aliphatic rings. The van der Waals surface area contributed by atoms with Crippen molar-refractivity contribution in [2.24, 2.45) is 0 Å². The van der Waals surface area contributed by atoms with Crippen LogP contribution in [-0.4, -0.2) is 36.3 Å². The van der Waals surface area contributed by atoms with Gasteiger partial charge in [0.1, 0.15) is 0 Å². The highest BCUT2D eigenvalue weighted by Crippen LogP contribution is 2.39. The van der Waals surface area contributed by atoms with Crippen molar-refractivity contribution in [3.8, 4) is 17.2 Å². The summed E-state index contributed by atoms with van der Waals surface area (Å²) in [5, 5.41) is 20.6. The Bertz CT molecular complexity index is 485. The summed E-state index contributed by atoms with van der Waals surface area (Å²) in [4.78, 5) is 21.8. The SMILES string of the molecule is COc1cc(NC(=O)CCC(=O)O)cc(O)c1OC. The number of hydrogen-bond donors (Lipinski definition) is 3. The Kier molecular flexibility index (Phi) is 4.99. The molecule has 0 atom stereocenters. The van der Waals surface area contributed by atoms with Crippen molar-refractivity contribution in [3.05, 3.63) is 12.1 Å². The molecule has 1 rings (SSSR count). The summed E-state index contributed by atoms with van der Waals surface area (Å²) >= 11 is 0. The molecule has 0 aliphatic carbocycles. The number of carboxylic acids is 1. The van der Waals surface area contributed by atoms with E-state index in [2.05, 4.69) is 5.32 Å². The molecule has 0 bridgehead atoms. The predicted octanol–water partition coefficient (Wildman–Crippen LogP) is 1.21. The Balaban J connectivity index is 2.82. The highest BCUT2D eigenvalue weighted by Gasteiger charge is 2.13. The Morgan fingerprint density at radius 3 is 2.42 bits per heavy atom. The zero-order valence-corrected chi connectivity index (χ0v) is 10.6. The number of phenols is 1. The first kappa shape index (κ1) is 14.6. The van der Waals surface area contributed by atoms with Crippen molar-refractivity contribution in [2.45, 2.75) is 12.8 Å². The van der Waals surface area contributed by atoms with Gasteiger partial charge in [-0.1, -0.05) is 0 Å². The summed E-state index contributed by atoms with van der Waals surface area (Å²) in [6, 6.07) is 2.76. The molecule has 0 saturated carbocycles. The number of carbonyl (C=O) groups excluding carboxylic acids is 1. The second kappa shape index (κ2) is 6.48. The molecule has 7 heteroatoms. The zero-order chi connectivity index (χ0) is 14.4. The number of nitrogens with one attached hydrogen (secondary N) is 1. The number of rotatable bonds is 6. The molecule has 1 amide bonds.